The van der Waals surface area contributed by atoms with E-state index in [1.807, 2.05) is 30.9 Å². The summed E-state index contributed by atoms with van der Waals surface area (Å²) in [6.45, 7) is 7.08. The van der Waals surface area contributed by atoms with Crippen LogP contribution < -0.4 is 5.32 Å². The van der Waals surface area contributed by atoms with Crippen molar-refractivity contribution in [3.05, 3.63) is 52.8 Å². The highest BCUT2D eigenvalue weighted by Gasteiger charge is 2.11. The van der Waals surface area contributed by atoms with E-state index in [0.717, 1.165) is 27.9 Å². The lowest BCUT2D eigenvalue weighted by Gasteiger charge is -2.05. The predicted octanol–water partition coefficient (Wildman–Crippen LogP) is 4.08. The molecule has 0 aliphatic carbocycles. The van der Waals surface area contributed by atoms with Crippen LogP contribution in [0.15, 0.2) is 30.5 Å². The number of aryl methyl sites for hydroxylation is 4. The Morgan fingerprint density at radius 3 is 2.50 bits per heavy atom. The maximum Gasteiger partial charge on any atom is 0.183 e. The quantitative estimate of drug-likeness (QED) is 0.789. The van der Waals surface area contributed by atoms with Crippen molar-refractivity contribution < 1.29 is 0 Å². The number of hydrogen-bond donors (Lipinski definition) is 1. The zero-order valence-corrected chi connectivity index (χ0v) is 14.2. The second-order valence-electron chi connectivity index (χ2n) is 5.66. The average Bonchev–Trinajstić information content (AvgIpc) is 3.01. The number of nitrogens with one attached hydrogen (secondary N) is 1. The number of benzene rings is 1. The fourth-order valence-corrected chi connectivity index (χ4v) is 3.52. The Hall–Kier alpha value is -2.14. The Morgan fingerprint density at radius 1 is 1.14 bits per heavy atom. The zero-order chi connectivity index (χ0) is 15.7. The second kappa shape index (κ2) is 5.93. The third-order valence-corrected chi connectivity index (χ3v) is 4.61. The monoisotopic (exact) mass is 312 g/mol. The topological polar surface area (TPSA) is 42.7 Å². The molecule has 0 fully saturated rings. The van der Waals surface area contributed by atoms with E-state index >= 15 is 0 Å². The van der Waals surface area contributed by atoms with Gasteiger partial charge in [-0.25, -0.2) is 4.98 Å². The first kappa shape index (κ1) is 14.8. The molecule has 0 aliphatic heterocycles. The van der Waals surface area contributed by atoms with Crippen molar-refractivity contribution in [2.24, 2.45) is 7.05 Å². The Balaban J connectivity index is 1.76. The van der Waals surface area contributed by atoms with E-state index in [-0.39, 0.29) is 0 Å². The zero-order valence-electron chi connectivity index (χ0n) is 13.3. The van der Waals surface area contributed by atoms with Crippen LogP contribution in [0.4, 0.5) is 5.13 Å². The van der Waals surface area contributed by atoms with Crippen LogP contribution in [0.5, 0.6) is 0 Å². The molecular weight excluding hydrogens is 292 g/mol. The fraction of sp³-hybridized carbons (Fsp3) is 0.294. The first-order valence-corrected chi connectivity index (χ1v) is 8.11. The summed E-state index contributed by atoms with van der Waals surface area (Å²) in [5.74, 6) is 0. The Kier molecular flexibility index (Phi) is 3.98. The summed E-state index contributed by atoms with van der Waals surface area (Å²) in [5.41, 5.74) is 5.87. The van der Waals surface area contributed by atoms with E-state index in [1.165, 1.54) is 16.7 Å². The lowest BCUT2D eigenvalue weighted by atomic mass is 10.1. The summed E-state index contributed by atoms with van der Waals surface area (Å²) in [4.78, 5) is 5.74. The summed E-state index contributed by atoms with van der Waals surface area (Å²) in [6, 6.07) is 8.63. The standard InChI is InChI=1S/C17H20N4S/c1-11-7-12(2)9-14(8-11)10-18-17-19-13(3)16(22-17)15-5-6-21(4)20-15/h5-9H,10H2,1-4H3,(H,18,19). The average molecular weight is 312 g/mol. The van der Waals surface area contributed by atoms with Gasteiger partial charge in [-0.2, -0.15) is 5.10 Å². The Morgan fingerprint density at radius 2 is 1.86 bits per heavy atom. The number of anilines is 1. The minimum atomic E-state index is 0.789. The van der Waals surface area contributed by atoms with Crippen LogP contribution in [0.1, 0.15) is 22.4 Å². The van der Waals surface area contributed by atoms with Gasteiger partial charge in [-0.15, -0.1) is 0 Å². The van der Waals surface area contributed by atoms with E-state index in [4.69, 9.17) is 0 Å². The lowest BCUT2D eigenvalue weighted by molar-refractivity contribution is 0.771. The number of aromatic nitrogens is 3. The van der Waals surface area contributed by atoms with Gasteiger partial charge in [0.1, 0.15) is 5.69 Å². The molecule has 3 aromatic rings. The molecule has 0 unspecified atom stereocenters. The normalized spacial score (nSPS) is 10.9. The fourth-order valence-electron chi connectivity index (χ4n) is 2.59. The van der Waals surface area contributed by atoms with Crippen molar-refractivity contribution in [1.82, 2.24) is 14.8 Å². The van der Waals surface area contributed by atoms with Gasteiger partial charge in [-0.1, -0.05) is 40.7 Å². The van der Waals surface area contributed by atoms with Crippen LogP contribution in [-0.2, 0) is 13.6 Å². The first-order chi connectivity index (χ1) is 10.5. The van der Waals surface area contributed by atoms with E-state index in [9.17, 15) is 0 Å². The Bertz CT molecular complexity index is 781. The van der Waals surface area contributed by atoms with Crippen LogP contribution in [-0.4, -0.2) is 14.8 Å². The molecule has 2 aromatic heterocycles. The summed E-state index contributed by atoms with van der Waals surface area (Å²) in [6.07, 6.45) is 1.96. The van der Waals surface area contributed by atoms with Crippen molar-refractivity contribution in [1.29, 1.82) is 0 Å². The number of hydrogen-bond acceptors (Lipinski definition) is 4. The molecular formula is C17H20N4S. The van der Waals surface area contributed by atoms with Gasteiger partial charge in [0.25, 0.3) is 0 Å². The van der Waals surface area contributed by atoms with Crippen LogP contribution in [0.3, 0.4) is 0 Å². The second-order valence-corrected chi connectivity index (χ2v) is 6.66. The summed E-state index contributed by atoms with van der Waals surface area (Å²) < 4.78 is 1.82. The molecule has 0 spiro atoms. The molecule has 4 nitrogen and oxygen atoms in total. The SMILES string of the molecule is Cc1cc(C)cc(CNc2nc(C)c(-c3ccn(C)n3)s2)c1. The highest BCUT2D eigenvalue weighted by molar-refractivity contribution is 7.19. The molecule has 0 saturated heterocycles. The highest BCUT2D eigenvalue weighted by atomic mass is 32.1. The number of thiazole rings is 1. The van der Waals surface area contributed by atoms with Gasteiger partial charge in [0, 0.05) is 19.8 Å². The van der Waals surface area contributed by atoms with E-state index in [0.29, 0.717) is 0 Å². The molecule has 2 heterocycles. The molecule has 1 aromatic carbocycles. The highest BCUT2D eigenvalue weighted by Crippen LogP contribution is 2.31. The smallest absolute Gasteiger partial charge is 0.183 e. The summed E-state index contributed by atoms with van der Waals surface area (Å²) in [7, 11) is 1.93. The molecule has 0 radical (unpaired) electrons. The van der Waals surface area contributed by atoms with Crippen molar-refractivity contribution >= 4 is 16.5 Å². The Labute approximate surface area is 134 Å². The van der Waals surface area contributed by atoms with Crippen LogP contribution in [0, 0.1) is 20.8 Å². The minimum absolute atomic E-state index is 0.789. The van der Waals surface area contributed by atoms with Crippen molar-refractivity contribution in [2.45, 2.75) is 27.3 Å². The maximum absolute atomic E-state index is 4.61. The maximum atomic E-state index is 4.61. The van der Waals surface area contributed by atoms with E-state index < -0.39 is 0 Å². The molecule has 0 saturated carbocycles. The predicted molar refractivity (Wildman–Crippen MR) is 92.3 cm³/mol. The third-order valence-electron chi connectivity index (χ3n) is 3.47. The van der Waals surface area contributed by atoms with Gasteiger partial charge in [0.15, 0.2) is 5.13 Å². The molecule has 22 heavy (non-hydrogen) atoms. The van der Waals surface area contributed by atoms with Gasteiger partial charge < -0.3 is 5.32 Å². The third kappa shape index (κ3) is 3.20. The molecule has 3 rings (SSSR count). The van der Waals surface area contributed by atoms with Gasteiger partial charge in [-0.3, -0.25) is 4.68 Å². The summed E-state index contributed by atoms with van der Waals surface area (Å²) >= 11 is 1.66. The minimum Gasteiger partial charge on any atom is -0.357 e. The molecule has 114 valence electrons. The number of rotatable bonds is 4. The van der Waals surface area contributed by atoms with Crippen molar-refractivity contribution in [3.63, 3.8) is 0 Å². The van der Waals surface area contributed by atoms with Gasteiger partial charge >= 0.3 is 0 Å². The largest absolute Gasteiger partial charge is 0.357 e. The lowest BCUT2D eigenvalue weighted by Crippen LogP contribution is -1.99. The van der Waals surface area contributed by atoms with Gasteiger partial charge in [-0.05, 0) is 32.4 Å². The van der Waals surface area contributed by atoms with Crippen LogP contribution in [0.25, 0.3) is 10.6 Å². The molecule has 1 N–H and O–H groups in total. The molecule has 0 aliphatic rings. The van der Waals surface area contributed by atoms with Gasteiger partial charge in [0.2, 0.25) is 0 Å². The van der Waals surface area contributed by atoms with Crippen LogP contribution >= 0.6 is 11.3 Å². The molecule has 5 heteroatoms. The molecule has 0 atom stereocenters. The summed E-state index contributed by atoms with van der Waals surface area (Å²) in [5, 5.41) is 8.82. The molecule has 0 amide bonds. The van der Waals surface area contributed by atoms with Crippen molar-refractivity contribution in [2.75, 3.05) is 5.32 Å². The van der Waals surface area contributed by atoms with E-state index in [1.54, 1.807) is 11.3 Å². The number of nitrogens with zero attached hydrogens (tertiary/aromatic N) is 3. The van der Waals surface area contributed by atoms with Gasteiger partial charge in [0.05, 0.1) is 10.6 Å². The van der Waals surface area contributed by atoms with E-state index in [2.05, 4.69) is 47.4 Å². The first-order valence-electron chi connectivity index (χ1n) is 7.30. The molecule has 0 bridgehead atoms. The van der Waals surface area contributed by atoms with Crippen LogP contribution in [0.2, 0.25) is 0 Å². The van der Waals surface area contributed by atoms with Crippen molar-refractivity contribution in [3.8, 4) is 10.6 Å².